The first-order chi connectivity index (χ1) is 16.3. The van der Waals surface area contributed by atoms with E-state index in [1.165, 1.54) is 6.92 Å². The van der Waals surface area contributed by atoms with Crippen molar-refractivity contribution in [1.82, 2.24) is 0 Å². The van der Waals surface area contributed by atoms with Gasteiger partial charge in [0.05, 0.1) is 5.56 Å². The van der Waals surface area contributed by atoms with Crippen molar-refractivity contribution in [3.8, 4) is 5.75 Å². The Labute approximate surface area is 196 Å². The molecule has 0 spiro atoms. The fraction of sp³-hybridized carbons (Fsp3) is 0.375. The van der Waals surface area contributed by atoms with Gasteiger partial charge in [0, 0.05) is 19.4 Å². The zero-order chi connectivity index (χ0) is 24.7. The lowest BCUT2D eigenvalue weighted by Gasteiger charge is -2.41. The van der Waals surface area contributed by atoms with Crippen LogP contribution in [0.2, 0.25) is 0 Å². The second kappa shape index (κ2) is 11.6. The first kappa shape index (κ1) is 25.2. The van der Waals surface area contributed by atoms with Gasteiger partial charge in [-0.1, -0.05) is 36.4 Å². The molecular weight excluding hydrogens is 448 g/mol. The van der Waals surface area contributed by atoms with Gasteiger partial charge in [-0.25, -0.2) is 4.79 Å². The van der Waals surface area contributed by atoms with E-state index in [0.717, 1.165) is 6.92 Å². The number of aliphatic hydroxyl groups is 2. The number of benzene rings is 2. The molecule has 2 aromatic carbocycles. The highest BCUT2D eigenvalue weighted by atomic mass is 16.7. The number of hydrogen-bond donors (Lipinski definition) is 2. The molecule has 182 valence electrons. The molecule has 0 aliphatic carbocycles. The van der Waals surface area contributed by atoms with Crippen LogP contribution in [0, 0.1) is 0 Å². The van der Waals surface area contributed by atoms with Crippen molar-refractivity contribution in [1.29, 1.82) is 0 Å². The molecule has 10 nitrogen and oxygen atoms in total. The number of carbonyl (C=O) groups excluding carboxylic acids is 3. The molecule has 10 heteroatoms. The Morgan fingerprint density at radius 1 is 0.882 bits per heavy atom. The van der Waals surface area contributed by atoms with E-state index in [0.29, 0.717) is 11.1 Å². The third kappa shape index (κ3) is 6.53. The summed E-state index contributed by atoms with van der Waals surface area (Å²) < 4.78 is 26.8. The molecule has 1 saturated heterocycles. The fourth-order valence-electron chi connectivity index (χ4n) is 3.33. The van der Waals surface area contributed by atoms with Crippen LogP contribution in [0.5, 0.6) is 5.75 Å². The number of rotatable bonds is 8. The summed E-state index contributed by atoms with van der Waals surface area (Å²) in [5.74, 6) is -1.63. The minimum atomic E-state index is -1.56. The Morgan fingerprint density at radius 2 is 1.56 bits per heavy atom. The largest absolute Gasteiger partial charge is 0.463 e. The van der Waals surface area contributed by atoms with Crippen LogP contribution in [0.1, 0.15) is 29.8 Å². The lowest BCUT2D eigenvalue weighted by atomic mass is 9.99. The smallest absolute Gasteiger partial charge is 0.338 e. The van der Waals surface area contributed by atoms with Crippen molar-refractivity contribution in [3.05, 3.63) is 65.7 Å². The highest BCUT2D eigenvalue weighted by Crippen LogP contribution is 2.29. The highest BCUT2D eigenvalue weighted by Gasteiger charge is 2.48. The standard InChI is InChI=1S/C24H26O10/c1-14(25)30-13-19-20(27)22(32-15(2)26)21(28)24(34-19)33-18-11-7-6-10-17(18)12-31-23(29)16-8-4-3-5-9-16/h3-11,19-22,24,27-28H,12-13H2,1-2H3/t19-,20-,21-,22+,24-/m1/s1. The lowest BCUT2D eigenvalue weighted by Crippen LogP contribution is -2.61. The minimum absolute atomic E-state index is 0.125. The molecule has 1 aliphatic rings. The molecule has 0 unspecified atom stereocenters. The van der Waals surface area contributed by atoms with Crippen molar-refractivity contribution >= 4 is 17.9 Å². The van der Waals surface area contributed by atoms with Crippen LogP contribution in [0.4, 0.5) is 0 Å². The predicted octanol–water partition coefficient (Wildman–Crippen LogP) is 1.36. The van der Waals surface area contributed by atoms with Gasteiger partial charge in [-0.15, -0.1) is 0 Å². The summed E-state index contributed by atoms with van der Waals surface area (Å²) in [7, 11) is 0. The molecule has 0 bridgehead atoms. The van der Waals surface area contributed by atoms with Gasteiger partial charge in [-0.05, 0) is 18.2 Å². The van der Waals surface area contributed by atoms with Crippen LogP contribution in [0.3, 0.4) is 0 Å². The fourth-order valence-corrected chi connectivity index (χ4v) is 3.33. The van der Waals surface area contributed by atoms with Crippen molar-refractivity contribution in [3.63, 3.8) is 0 Å². The van der Waals surface area contributed by atoms with Crippen LogP contribution in [0.25, 0.3) is 0 Å². The van der Waals surface area contributed by atoms with E-state index in [-0.39, 0.29) is 19.0 Å². The molecule has 1 heterocycles. The van der Waals surface area contributed by atoms with Gasteiger partial charge in [0.15, 0.2) is 12.2 Å². The quantitative estimate of drug-likeness (QED) is 0.426. The Bertz CT molecular complexity index is 992. The number of esters is 3. The van der Waals surface area contributed by atoms with Crippen LogP contribution < -0.4 is 4.74 Å². The van der Waals surface area contributed by atoms with Crippen LogP contribution in [0.15, 0.2) is 54.6 Å². The minimum Gasteiger partial charge on any atom is -0.463 e. The van der Waals surface area contributed by atoms with Gasteiger partial charge in [-0.2, -0.15) is 0 Å². The molecule has 5 atom stereocenters. The van der Waals surface area contributed by atoms with Gasteiger partial charge in [0.25, 0.3) is 0 Å². The third-order valence-electron chi connectivity index (χ3n) is 4.98. The monoisotopic (exact) mass is 474 g/mol. The molecule has 34 heavy (non-hydrogen) atoms. The van der Waals surface area contributed by atoms with Crippen molar-refractivity contribution in [2.24, 2.45) is 0 Å². The maximum Gasteiger partial charge on any atom is 0.338 e. The van der Waals surface area contributed by atoms with Gasteiger partial charge in [-0.3, -0.25) is 9.59 Å². The van der Waals surface area contributed by atoms with Gasteiger partial charge in [0.1, 0.15) is 31.2 Å². The first-order valence-corrected chi connectivity index (χ1v) is 10.5. The maximum atomic E-state index is 12.3. The van der Waals surface area contributed by atoms with Gasteiger partial charge in [0.2, 0.25) is 6.29 Å². The molecule has 0 saturated carbocycles. The normalized spacial score (nSPS) is 24.1. The van der Waals surface area contributed by atoms with Crippen molar-refractivity contribution in [2.75, 3.05) is 6.61 Å². The molecule has 2 N–H and O–H groups in total. The van der Waals surface area contributed by atoms with Crippen molar-refractivity contribution < 1.29 is 48.3 Å². The molecule has 0 amide bonds. The van der Waals surface area contributed by atoms with E-state index in [1.54, 1.807) is 54.6 Å². The molecule has 1 fully saturated rings. The Hall–Kier alpha value is -3.47. The number of carbonyl (C=O) groups is 3. The molecule has 1 aliphatic heterocycles. The summed E-state index contributed by atoms with van der Waals surface area (Å²) >= 11 is 0. The molecule has 3 rings (SSSR count). The van der Waals surface area contributed by atoms with Crippen LogP contribution >= 0.6 is 0 Å². The Morgan fingerprint density at radius 3 is 2.24 bits per heavy atom. The number of hydrogen-bond acceptors (Lipinski definition) is 10. The average Bonchev–Trinajstić information content (AvgIpc) is 2.82. The molecule has 2 aromatic rings. The van der Waals surface area contributed by atoms with Gasteiger partial charge < -0.3 is 33.9 Å². The predicted molar refractivity (Wildman–Crippen MR) is 115 cm³/mol. The lowest BCUT2D eigenvalue weighted by molar-refractivity contribution is -0.282. The van der Waals surface area contributed by atoms with E-state index in [2.05, 4.69) is 0 Å². The average molecular weight is 474 g/mol. The second-order valence-corrected chi connectivity index (χ2v) is 7.57. The highest BCUT2D eigenvalue weighted by molar-refractivity contribution is 5.89. The van der Waals surface area contributed by atoms with Crippen LogP contribution in [-0.2, 0) is 35.1 Å². The third-order valence-corrected chi connectivity index (χ3v) is 4.98. The van der Waals surface area contributed by atoms with E-state index in [9.17, 15) is 24.6 Å². The zero-order valence-electron chi connectivity index (χ0n) is 18.7. The topological polar surface area (TPSA) is 138 Å². The maximum absolute atomic E-state index is 12.3. The Balaban J connectivity index is 1.75. The summed E-state index contributed by atoms with van der Waals surface area (Å²) in [6, 6.07) is 15.1. The summed E-state index contributed by atoms with van der Waals surface area (Å²) in [5, 5.41) is 21.2. The van der Waals surface area contributed by atoms with E-state index < -0.39 is 48.6 Å². The summed E-state index contributed by atoms with van der Waals surface area (Å²) in [4.78, 5) is 35.0. The Kier molecular flexibility index (Phi) is 8.58. The molecule has 0 radical (unpaired) electrons. The number of aliphatic hydroxyl groups excluding tert-OH is 2. The summed E-state index contributed by atoms with van der Waals surface area (Å²) in [5.41, 5.74) is 0.868. The second-order valence-electron chi connectivity index (χ2n) is 7.57. The number of ether oxygens (including phenoxy) is 5. The van der Waals surface area contributed by atoms with E-state index >= 15 is 0 Å². The van der Waals surface area contributed by atoms with Crippen molar-refractivity contribution in [2.45, 2.75) is 51.2 Å². The SMILES string of the molecule is CC(=O)OC[C@H]1O[C@@H](Oc2ccccc2COC(=O)c2ccccc2)[C@H](O)[C@@H](OC(C)=O)[C@@H]1O. The van der Waals surface area contributed by atoms with Gasteiger partial charge >= 0.3 is 17.9 Å². The first-order valence-electron chi connectivity index (χ1n) is 10.5. The molecule has 0 aromatic heterocycles. The number of para-hydroxylation sites is 1. The van der Waals surface area contributed by atoms with Crippen LogP contribution in [-0.4, -0.2) is 65.4 Å². The van der Waals surface area contributed by atoms with E-state index in [1.807, 2.05) is 0 Å². The molecular formula is C24H26O10. The van der Waals surface area contributed by atoms with E-state index in [4.69, 9.17) is 23.7 Å². The zero-order valence-corrected chi connectivity index (χ0v) is 18.7. The summed E-state index contributed by atoms with van der Waals surface area (Å²) in [6.07, 6.45) is -6.95. The summed E-state index contributed by atoms with van der Waals surface area (Å²) in [6.45, 7) is 1.84.